The van der Waals surface area contributed by atoms with Gasteiger partial charge >= 0.3 is 0 Å². The van der Waals surface area contributed by atoms with E-state index in [-0.39, 0.29) is 0 Å². The molecule has 3 nitrogen and oxygen atoms in total. The third kappa shape index (κ3) is 4.61. The molecule has 0 radical (unpaired) electrons. The Labute approximate surface area is 87.5 Å². The average molecular weight is 303 g/mol. The molecule has 12 heavy (non-hydrogen) atoms. The molecular formula is C7H14INO2S. The zero-order valence-corrected chi connectivity index (χ0v) is 9.90. The fourth-order valence-electron chi connectivity index (χ4n) is 0.948. The van der Waals surface area contributed by atoms with Gasteiger partial charge in [0.15, 0.2) is 0 Å². The van der Waals surface area contributed by atoms with Crippen LogP contribution in [0.5, 0.6) is 0 Å². The first kappa shape index (κ1) is 10.7. The Kier molecular flexibility index (Phi) is 4.25. The zero-order chi connectivity index (χ0) is 9.03. The van der Waals surface area contributed by atoms with Crippen LogP contribution < -0.4 is 4.72 Å². The standard InChI is InChI=1S/C7H14INO2S/c8-4-1-5-9-12(10,11)6-7-2-3-7/h7,9H,1-6H2. The summed E-state index contributed by atoms with van der Waals surface area (Å²) in [6.07, 6.45) is 3.10. The Morgan fingerprint density at radius 3 is 2.58 bits per heavy atom. The lowest BCUT2D eigenvalue weighted by molar-refractivity contribution is 0.577. The van der Waals surface area contributed by atoms with Crippen LogP contribution in [0.4, 0.5) is 0 Å². The highest BCUT2D eigenvalue weighted by Crippen LogP contribution is 2.29. The number of hydrogen-bond donors (Lipinski definition) is 1. The zero-order valence-electron chi connectivity index (χ0n) is 6.92. The highest BCUT2D eigenvalue weighted by Gasteiger charge is 2.27. The smallest absolute Gasteiger partial charge is 0.211 e. The summed E-state index contributed by atoms with van der Waals surface area (Å²) in [4.78, 5) is 0. The largest absolute Gasteiger partial charge is 0.215 e. The van der Waals surface area contributed by atoms with Crippen molar-refractivity contribution in [3.63, 3.8) is 0 Å². The summed E-state index contributed by atoms with van der Waals surface area (Å²) in [5.74, 6) is 0.788. The van der Waals surface area contributed by atoms with Crippen LogP contribution in [0.15, 0.2) is 0 Å². The summed E-state index contributed by atoms with van der Waals surface area (Å²) >= 11 is 2.24. The fourth-order valence-corrected chi connectivity index (χ4v) is 2.86. The predicted octanol–water partition coefficient (Wildman–Crippen LogP) is 1.14. The predicted molar refractivity (Wildman–Crippen MR) is 58.0 cm³/mol. The van der Waals surface area contributed by atoms with Gasteiger partial charge in [0.1, 0.15) is 0 Å². The average Bonchev–Trinajstić information content (AvgIpc) is 2.71. The first-order valence-electron chi connectivity index (χ1n) is 4.17. The van der Waals surface area contributed by atoms with Gasteiger partial charge in [-0.3, -0.25) is 0 Å². The number of hydrogen-bond acceptors (Lipinski definition) is 2. The van der Waals surface area contributed by atoms with E-state index < -0.39 is 10.0 Å². The molecule has 1 N–H and O–H groups in total. The number of halogens is 1. The molecule has 0 unspecified atom stereocenters. The molecule has 1 aliphatic rings. The lowest BCUT2D eigenvalue weighted by atomic mass is 10.5. The normalized spacial score (nSPS) is 18.1. The van der Waals surface area contributed by atoms with Crippen molar-refractivity contribution in [1.82, 2.24) is 4.72 Å². The van der Waals surface area contributed by atoms with Gasteiger partial charge in [-0.15, -0.1) is 0 Å². The van der Waals surface area contributed by atoms with E-state index in [0.29, 0.717) is 18.2 Å². The molecule has 0 spiro atoms. The summed E-state index contributed by atoms with van der Waals surface area (Å²) in [5, 5.41) is 0. The van der Waals surface area contributed by atoms with E-state index in [1.54, 1.807) is 0 Å². The van der Waals surface area contributed by atoms with Gasteiger partial charge in [0.25, 0.3) is 0 Å². The van der Waals surface area contributed by atoms with E-state index >= 15 is 0 Å². The molecule has 0 heterocycles. The van der Waals surface area contributed by atoms with Gasteiger partial charge in [-0.2, -0.15) is 0 Å². The minimum atomic E-state index is -2.94. The second-order valence-corrected chi connectivity index (χ2v) is 6.09. The van der Waals surface area contributed by atoms with E-state index in [1.165, 1.54) is 0 Å². The maximum Gasteiger partial charge on any atom is 0.211 e. The van der Waals surface area contributed by atoms with Gasteiger partial charge in [-0.25, -0.2) is 13.1 Å². The topological polar surface area (TPSA) is 46.2 Å². The Hall–Kier alpha value is 0.640. The van der Waals surface area contributed by atoms with Gasteiger partial charge in [0.05, 0.1) is 5.75 Å². The van der Waals surface area contributed by atoms with E-state index in [4.69, 9.17) is 0 Å². The summed E-state index contributed by atoms with van der Waals surface area (Å²) in [6, 6.07) is 0. The third-order valence-corrected chi connectivity index (χ3v) is 4.10. The minimum absolute atomic E-state index is 0.342. The van der Waals surface area contributed by atoms with Crippen molar-refractivity contribution in [1.29, 1.82) is 0 Å². The molecule has 0 bridgehead atoms. The maximum atomic E-state index is 11.2. The second kappa shape index (κ2) is 4.76. The molecule has 5 heteroatoms. The van der Waals surface area contributed by atoms with E-state index in [1.807, 2.05) is 0 Å². The summed E-state index contributed by atoms with van der Waals surface area (Å²) in [6.45, 7) is 0.595. The van der Waals surface area contributed by atoms with E-state index in [2.05, 4.69) is 27.3 Å². The molecule has 1 rings (SSSR count). The lowest BCUT2D eigenvalue weighted by Gasteiger charge is -2.03. The number of sulfonamides is 1. The Morgan fingerprint density at radius 1 is 1.42 bits per heavy atom. The van der Waals surface area contributed by atoms with Crippen molar-refractivity contribution < 1.29 is 8.42 Å². The number of nitrogens with one attached hydrogen (secondary N) is 1. The van der Waals surface area contributed by atoms with Crippen molar-refractivity contribution >= 4 is 32.6 Å². The van der Waals surface area contributed by atoms with Crippen molar-refractivity contribution in [3.05, 3.63) is 0 Å². The molecule has 1 aliphatic carbocycles. The highest BCUT2D eigenvalue weighted by molar-refractivity contribution is 14.1. The van der Waals surface area contributed by atoms with Gasteiger partial charge in [-0.1, -0.05) is 22.6 Å². The Balaban J connectivity index is 2.17. The van der Waals surface area contributed by atoms with Crippen LogP contribution in [0.2, 0.25) is 0 Å². The molecule has 0 amide bonds. The molecule has 1 saturated carbocycles. The quantitative estimate of drug-likeness (QED) is 0.454. The molecule has 0 aromatic heterocycles. The van der Waals surface area contributed by atoms with Crippen molar-refractivity contribution in [2.24, 2.45) is 5.92 Å². The van der Waals surface area contributed by atoms with Crippen molar-refractivity contribution in [2.45, 2.75) is 19.3 Å². The van der Waals surface area contributed by atoms with Crippen LogP contribution >= 0.6 is 22.6 Å². The fraction of sp³-hybridized carbons (Fsp3) is 1.00. The first-order chi connectivity index (χ1) is 5.64. The Bertz CT molecular complexity index is 224. The van der Waals surface area contributed by atoms with Crippen molar-refractivity contribution in [2.75, 3.05) is 16.7 Å². The van der Waals surface area contributed by atoms with Gasteiger partial charge in [0, 0.05) is 11.0 Å². The molecule has 1 fully saturated rings. The van der Waals surface area contributed by atoms with Crippen LogP contribution in [-0.2, 0) is 10.0 Å². The molecule has 0 aromatic rings. The molecular weight excluding hydrogens is 289 g/mol. The molecule has 0 atom stereocenters. The monoisotopic (exact) mass is 303 g/mol. The summed E-state index contributed by atoms with van der Waals surface area (Å²) in [5.41, 5.74) is 0. The first-order valence-corrected chi connectivity index (χ1v) is 7.35. The summed E-state index contributed by atoms with van der Waals surface area (Å²) in [7, 11) is -2.94. The molecule has 72 valence electrons. The van der Waals surface area contributed by atoms with E-state index in [9.17, 15) is 8.42 Å². The van der Waals surface area contributed by atoms with E-state index in [0.717, 1.165) is 23.7 Å². The van der Waals surface area contributed by atoms with Gasteiger partial charge in [-0.05, 0) is 25.2 Å². The van der Waals surface area contributed by atoms with Crippen LogP contribution in [0.25, 0.3) is 0 Å². The van der Waals surface area contributed by atoms with Gasteiger partial charge < -0.3 is 0 Å². The highest BCUT2D eigenvalue weighted by atomic mass is 127. The SMILES string of the molecule is O=S(=O)(CC1CC1)NCCCI. The molecule has 0 aliphatic heterocycles. The van der Waals surface area contributed by atoms with Crippen LogP contribution in [0.1, 0.15) is 19.3 Å². The third-order valence-electron chi connectivity index (χ3n) is 1.78. The second-order valence-electron chi connectivity index (χ2n) is 3.16. The summed E-state index contributed by atoms with van der Waals surface area (Å²) < 4.78 is 26.1. The Morgan fingerprint density at radius 2 is 2.08 bits per heavy atom. The minimum Gasteiger partial charge on any atom is -0.215 e. The van der Waals surface area contributed by atoms with Crippen molar-refractivity contribution in [3.8, 4) is 0 Å². The van der Waals surface area contributed by atoms with Crippen LogP contribution in [0.3, 0.4) is 0 Å². The molecule has 0 aromatic carbocycles. The van der Waals surface area contributed by atoms with Crippen LogP contribution in [-0.4, -0.2) is 25.1 Å². The number of rotatable bonds is 6. The number of alkyl halides is 1. The molecule has 0 saturated heterocycles. The lowest BCUT2D eigenvalue weighted by Crippen LogP contribution is -2.28. The van der Waals surface area contributed by atoms with Crippen LogP contribution in [0, 0.1) is 5.92 Å². The van der Waals surface area contributed by atoms with Gasteiger partial charge in [0.2, 0.25) is 10.0 Å². The maximum absolute atomic E-state index is 11.2.